The van der Waals surface area contributed by atoms with Gasteiger partial charge in [-0.05, 0) is 11.0 Å². The lowest BCUT2D eigenvalue weighted by Gasteiger charge is -2.11. The quantitative estimate of drug-likeness (QED) is 0.898. The number of H-pyrrole nitrogens is 1. The molecule has 18 heavy (non-hydrogen) atoms. The van der Waals surface area contributed by atoms with E-state index in [4.69, 9.17) is 0 Å². The third kappa shape index (κ3) is 1.99. The summed E-state index contributed by atoms with van der Waals surface area (Å²) in [6.45, 7) is 0. The first-order valence-electron chi connectivity index (χ1n) is 5.77. The Bertz CT molecular complexity index is 634. The molecule has 0 radical (unpaired) electrons. The van der Waals surface area contributed by atoms with Crippen LogP contribution in [0.5, 0.6) is 0 Å². The molecular weight excluding hydrogens is 244 g/mol. The number of aromatic amines is 1. The summed E-state index contributed by atoms with van der Waals surface area (Å²) in [5.41, 5.74) is 2.69. The van der Waals surface area contributed by atoms with Crippen LogP contribution in [0, 0.1) is 0 Å². The van der Waals surface area contributed by atoms with Crippen molar-refractivity contribution in [3.8, 4) is 11.1 Å². The molecular formula is C14H12N2OS. The fourth-order valence-electron chi connectivity index (χ4n) is 2.17. The highest BCUT2D eigenvalue weighted by atomic mass is 32.2. The number of benzene rings is 1. The Kier molecular flexibility index (Phi) is 3.02. The molecule has 1 N–H and O–H groups in total. The van der Waals surface area contributed by atoms with Crippen molar-refractivity contribution < 1.29 is 0 Å². The third-order valence-corrected chi connectivity index (χ3v) is 3.93. The Labute approximate surface area is 109 Å². The first kappa shape index (κ1) is 11.3. The molecule has 1 aromatic heterocycles. The summed E-state index contributed by atoms with van der Waals surface area (Å²) in [7, 11) is 0. The highest BCUT2D eigenvalue weighted by Crippen LogP contribution is 2.33. The molecule has 2 heterocycles. The molecule has 0 spiro atoms. The van der Waals surface area contributed by atoms with Crippen LogP contribution in [0.4, 0.5) is 0 Å². The van der Waals surface area contributed by atoms with Gasteiger partial charge in [0.1, 0.15) is 0 Å². The molecule has 90 valence electrons. The molecule has 4 heteroatoms. The Morgan fingerprint density at radius 1 is 1.28 bits per heavy atom. The standard InChI is InChI=1S/C14H12N2OS/c17-14-13(11-6-7-18-9-11)12(8-15-16-14)10-4-2-1-3-5-10/h1-8,11H,9H2,(H,16,17). The van der Waals surface area contributed by atoms with Gasteiger partial charge in [-0.1, -0.05) is 36.4 Å². The van der Waals surface area contributed by atoms with Crippen molar-refractivity contribution in [2.24, 2.45) is 0 Å². The first-order chi connectivity index (χ1) is 8.86. The molecule has 3 rings (SSSR count). The Morgan fingerprint density at radius 2 is 2.11 bits per heavy atom. The maximum atomic E-state index is 12.0. The lowest BCUT2D eigenvalue weighted by molar-refractivity contribution is 0.900. The predicted octanol–water partition coefficient (Wildman–Crippen LogP) is 2.78. The molecule has 1 atom stereocenters. The second kappa shape index (κ2) is 4.82. The number of aromatic nitrogens is 2. The highest BCUT2D eigenvalue weighted by molar-refractivity contribution is 8.02. The van der Waals surface area contributed by atoms with Gasteiger partial charge in [0.05, 0.1) is 6.20 Å². The van der Waals surface area contributed by atoms with Gasteiger partial charge in [-0.25, -0.2) is 5.10 Å². The molecule has 0 saturated heterocycles. The molecule has 0 saturated carbocycles. The van der Waals surface area contributed by atoms with E-state index in [0.717, 1.165) is 22.4 Å². The smallest absolute Gasteiger partial charge is 0.268 e. The van der Waals surface area contributed by atoms with Crippen molar-refractivity contribution >= 4 is 11.8 Å². The SMILES string of the molecule is O=c1[nH]ncc(-c2ccccc2)c1C1C=CSC1. The van der Waals surface area contributed by atoms with Crippen LogP contribution in [0.15, 0.2) is 52.8 Å². The summed E-state index contributed by atoms with van der Waals surface area (Å²) in [4.78, 5) is 12.0. The number of allylic oxidation sites excluding steroid dienone is 1. The van der Waals surface area contributed by atoms with Crippen LogP contribution in [-0.2, 0) is 0 Å². The van der Waals surface area contributed by atoms with E-state index in [1.165, 1.54) is 0 Å². The largest absolute Gasteiger partial charge is 0.268 e. The molecule has 0 aliphatic carbocycles. The van der Waals surface area contributed by atoms with Gasteiger partial charge in [0.15, 0.2) is 0 Å². The van der Waals surface area contributed by atoms with Crippen molar-refractivity contribution in [3.63, 3.8) is 0 Å². The normalized spacial score (nSPS) is 18.1. The van der Waals surface area contributed by atoms with Gasteiger partial charge < -0.3 is 0 Å². The Morgan fingerprint density at radius 3 is 2.83 bits per heavy atom. The summed E-state index contributed by atoms with van der Waals surface area (Å²) in [5.74, 6) is 1.10. The fourth-order valence-corrected chi connectivity index (χ4v) is 3.07. The number of thioether (sulfide) groups is 1. The molecule has 1 aromatic carbocycles. The fraction of sp³-hybridized carbons (Fsp3) is 0.143. The van der Waals surface area contributed by atoms with Crippen LogP contribution in [0.2, 0.25) is 0 Å². The molecule has 1 aliphatic rings. The molecule has 2 aromatic rings. The maximum absolute atomic E-state index is 12.0. The zero-order chi connectivity index (χ0) is 12.4. The Balaban J connectivity index is 2.18. The zero-order valence-corrected chi connectivity index (χ0v) is 10.5. The van der Waals surface area contributed by atoms with Crippen LogP contribution < -0.4 is 5.56 Å². The van der Waals surface area contributed by atoms with Crippen molar-refractivity contribution in [1.29, 1.82) is 0 Å². The first-order valence-corrected chi connectivity index (χ1v) is 6.82. The van der Waals surface area contributed by atoms with E-state index in [1.807, 2.05) is 30.3 Å². The van der Waals surface area contributed by atoms with Gasteiger partial charge in [-0.15, -0.1) is 11.8 Å². The van der Waals surface area contributed by atoms with E-state index >= 15 is 0 Å². The summed E-state index contributed by atoms with van der Waals surface area (Å²) < 4.78 is 0. The van der Waals surface area contributed by atoms with Crippen molar-refractivity contribution in [2.75, 3.05) is 5.75 Å². The molecule has 1 aliphatic heterocycles. The minimum Gasteiger partial charge on any atom is -0.268 e. The second-order valence-corrected chi connectivity index (χ2v) is 5.10. The van der Waals surface area contributed by atoms with Gasteiger partial charge in [-0.2, -0.15) is 5.10 Å². The number of hydrogen-bond donors (Lipinski definition) is 1. The van der Waals surface area contributed by atoms with Crippen LogP contribution in [-0.4, -0.2) is 16.0 Å². The van der Waals surface area contributed by atoms with Gasteiger partial charge in [0.25, 0.3) is 5.56 Å². The van der Waals surface area contributed by atoms with Crippen molar-refractivity contribution in [3.05, 3.63) is 63.9 Å². The monoisotopic (exact) mass is 256 g/mol. The van der Waals surface area contributed by atoms with Crippen molar-refractivity contribution in [1.82, 2.24) is 10.2 Å². The van der Waals surface area contributed by atoms with Crippen LogP contribution in [0.3, 0.4) is 0 Å². The molecule has 0 bridgehead atoms. The summed E-state index contributed by atoms with van der Waals surface area (Å²) in [5, 5.41) is 8.52. The lowest BCUT2D eigenvalue weighted by Crippen LogP contribution is -2.18. The number of rotatable bonds is 2. The van der Waals surface area contributed by atoms with Crippen LogP contribution >= 0.6 is 11.8 Å². The number of nitrogens with zero attached hydrogens (tertiary/aromatic N) is 1. The number of nitrogens with one attached hydrogen (secondary N) is 1. The highest BCUT2D eigenvalue weighted by Gasteiger charge is 2.20. The third-order valence-electron chi connectivity index (χ3n) is 3.03. The van der Waals surface area contributed by atoms with E-state index in [0.29, 0.717) is 0 Å². The number of hydrogen-bond acceptors (Lipinski definition) is 3. The van der Waals surface area contributed by atoms with Gasteiger partial charge in [0, 0.05) is 22.8 Å². The minimum atomic E-state index is -0.0893. The van der Waals surface area contributed by atoms with E-state index in [-0.39, 0.29) is 11.5 Å². The molecule has 3 nitrogen and oxygen atoms in total. The molecule has 0 amide bonds. The minimum absolute atomic E-state index is 0.0893. The van der Waals surface area contributed by atoms with Crippen molar-refractivity contribution in [2.45, 2.75) is 5.92 Å². The van der Waals surface area contributed by atoms with E-state index < -0.39 is 0 Å². The zero-order valence-electron chi connectivity index (χ0n) is 9.67. The maximum Gasteiger partial charge on any atom is 0.268 e. The lowest BCUT2D eigenvalue weighted by atomic mass is 9.94. The average molecular weight is 256 g/mol. The van der Waals surface area contributed by atoms with Gasteiger partial charge >= 0.3 is 0 Å². The Hall–Kier alpha value is -1.81. The summed E-state index contributed by atoms with van der Waals surface area (Å²) in [6, 6.07) is 9.92. The van der Waals surface area contributed by atoms with Crippen LogP contribution in [0.1, 0.15) is 11.5 Å². The molecule has 1 unspecified atom stereocenters. The summed E-state index contributed by atoms with van der Waals surface area (Å²) in [6.07, 6.45) is 3.82. The van der Waals surface area contributed by atoms with E-state index in [2.05, 4.69) is 21.7 Å². The van der Waals surface area contributed by atoms with E-state index in [1.54, 1.807) is 18.0 Å². The molecule has 0 fully saturated rings. The van der Waals surface area contributed by atoms with Gasteiger partial charge in [-0.3, -0.25) is 4.79 Å². The predicted molar refractivity (Wildman–Crippen MR) is 74.6 cm³/mol. The van der Waals surface area contributed by atoms with Gasteiger partial charge in [0.2, 0.25) is 0 Å². The summed E-state index contributed by atoms with van der Waals surface area (Å²) >= 11 is 1.74. The average Bonchev–Trinajstić information content (AvgIpc) is 2.93. The second-order valence-electron chi connectivity index (χ2n) is 4.16. The van der Waals surface area contributed by atoms with E-state index in [9.17, 15) is 4.79 Å². The topological polar surface area (TPSA) is 45.8 Å². The van der Waals surface area contributed by atoms with Crippen LogP contribution in [0.25, 0.3) is 11.1 Å².